The van der Waals surface area contributed by atoms with Gasteiger partial charge in [0.25, 0.3) is 10.0 Å². The van der Waals surface area contributed by atoms with Crippen molar-refractivity contribution < 1.29 is 17.9 Å². The van der Waals surface area contributed by atoms with E-state index in [-0.39, 0.29) is 16.7 Å². The van der Waals surface area contributed by atoms with Gasteiger partial charge in [-0.15, -0.1) is 11.3 Å². The van der Waals surface area contributed by atoms with Crippen molar-refractivity contribution in [2.24, 2.45) is 0 Å². The second-order valence-electron chi connectivity index (χ2n) is 6.23. The molecule has 0 atom stereocenters. The van der Waals surface area contributed by atoms with Crippen LogP contribution in [0.3, 0.4) is 0 Å². The average molecular weight is 410 g/mol. The van der Waals surface area contributed by atoms with E-state index in [1.165, 1.54) is 7.05 Å². The van der Waals surface area contributed by atoms with E-state index in [9.17, 15) is 13.2 Å². The third-order valence-electron chi connectivity index (χ3n) is 4.58. The predicted octanol–water partition coefficient (Wildman–Crippen LogP) is 1.73. The standard InChI is InChI=1S/C18H23N3O4S2/c1-19(27(23,24)18-8-5-13-26-18)14-17(22)21-11-9-20(10-12-21)15-6-3-4-7-16(15)25-2/h3-8,13H,9-12,14H2,1-2H3. The monoisotopic (exact) mass is 409 g/mol. The number of anilines is 1. The predicted molar refractivity (Wildman–Crippen MR) is 106 cm³/mol. The molecule has 1 aromatic carbocycles. The summed E-state index contributed by atoms with van der Waals surface area (Å²) in [5.74, 6) is 0.622. The number of carbonyl (C=O) groups excluding carboxylic acids is 1. The summed E-state index contributed by atoms with van der Waals surface area (Å²) < 4.78 is 31.7. The fourth-order valence-corrected chi connectivity index (χ4v) is 5.35. The van der Waals surface area contributed by atoms with Crippen molar-refractivity contribution in [3.8, 4) is 5.75 Å². The first-order chi connectivity index (χ1) is 12.9. The molecule has 0 saturated carbocycles. The van der Waals surface area contributed by atoms with Crippen LogP contribution in [0.1, 0.15) is 0 Å². The number of ether oxygens (including phenoxy) is 1. The van der Waals surface area contributed by atoms with Gasteiger partial charge in [0.15, 0.2) is 0 Å². The van der Waals surface area contributed by atoms with Crippen molar-refractivity contribution in [3.05, 3.63) is 41.8 Å². The molecule has 1 aliphatic rings. The molecule has 0 radical (unpaired) electrons. The van der Waals surface area contributed by atoms with E-state index in [1.54, 1.807) is 29.5 Å². The van der Waals surface area contributed by atoms with Gasteiger partial charge in [0.1, 0.15) is 9.96 Å². The van der Waals surface area contributed by atoms with Crippen LogP contribution in [0.25, 0.3) is 0 Å². The first kappa shape index (κ1) is 19.7. The average Bonchev–Trinajstić information content (AvgIpc) is 3.23. The summed E-state index contributed by atoms with van der Waals surface area (Å²) in [5, 5.41) is 1.71. The molecule has 1 aromatic heterocycles. The Labute approximate surface area is 163 Å². The highest BCUT2D eigenvalue weighted by atomic mass is 32.2. The second-order valence-corrected chi connectivity index (χ2v) is 9.45. The summed E-state index contributed by atoms with van der Waals surface area (Å²) in [5.41, 5.74) is 1.00. The van der Waals surface area contributed by atoms with Crippen molar-refractivity contribution >= 4 is 33.0 Å². The fourth-order valence-electron chi connectivity index (χ4n) is 3.03. The van der Waals surface area contributed by atoms with Crippen molar-refractivity contribution in [1.82, 2.24) is 9.21 Å². The minimum atomic E-state index is -3.61. The van der Waals surface area contributed by atoms with Crippen LogP contribution in [0, 0.1) is 0 Å². The Bertz CT molecular complexity index is 876. The smallest absolute Gasteiger partial charge is 0.252 e. The number of benzene rings is 1. The molecule has 0 unspecified atom stereocenters. The molecular formula is C18H23N3O4S2. The Morgan fingerprint density at radius 2 is 1.85 bits per heavy atom. The summed E-state index contributed by atoms with van der Waals surface area (Å²) in [7, 11) is -0.531. The summed E-state index contributed by atoms with van der Waals surface area (Å²) in [6.07, 6.45) is 0. The van der Waals surface area contributed by atoms with Crippen LogP contribution in [-0.4, -0.2) is 70.4 Å². The molecule has 2 aromatic rings. The van der Waals surface area contributed by atoms with Gasteiger partial charge < -0.3 is 14.5 Å². The first-order valence-electron chi connectivity index (χ1n) is 8.59. The summed E-state index contributed by atoms with van der Waals surface area (Å²) >= 11 is 1.15. The van der Waals surface area contributed by atoms with Crippen LogP contribution >= 0.6 is 11.3 Å². The molecule has 3 rings (SSSR count). The van der Waals surface area contributed by atoms with E-state index in [0.717, 1.165) is 27.1 Å². The molecular weight excluding hydrogens is 386 g/mol. The van der Waals surface area contributed by atoms with Gasteiger partial charge >= 0.3 is 0 Å². The number of para-hydroxylation sites is 2. The topological polar surface area (TPSA) is 70.2 Å². The Balaban J connectivity index is 1.59. The highest BCUT2D eigenvalue weighted by Crippen LogP contribution is 2.28. The summed E-state index contributed by atoms with van der Waals surface area (Å²) in [4.78, 5) is 16.5. The number of likely N-dealkylation sites (N-methyl/N-ethyl adjacent to an activating group) is 1. The number of sulfonamides is 1. The van der Waals surface area contributed by atoms with Crippen molar-refractivity contribution in [3.63, 3.8) is 0 Å². The lowest BCUT2D eigenvalue weighted by molar-refractivity contribution is -0.131. The van der Waals surface area contributed by atoms with Gasteiger partial charge in [-0.1, -0.05) is 18.2 Å². The maximum Gasteiger partial charge on any atom is 0.252 e. The zero-order valence-electron chi connectivity index (χ0n) is 15.4. The maximum atomic E-state index is 12.6. The number of rotatable bonds is 6. The molecule has 1 fully saturated rings. The third kappa shape index (κ3) is 4.26. The molecule has 1 aliphatic heterocycles. The molecule has 1 amide bonds. The number of hydrogen-bond donors (Lipinski definition) is 0. The lowest BCUT2D eigenvalue weighted by Crippen LogP contribution is -2.51. The Morgan fingerprint density at radius 1 is 1.15 bits per heavy atom. The molecule has 9 heteroatoms. The number of methoxy groups -OCH3 is 1. The highest BCUT2D eigenvalue weighted by molar-refractivity contribution is 7.91. The van der Waals surface area contributed by atoms with Gasteiger partial charge in [0, 0.05) is 33.2 Å². The van der Waals surface area contributed by atoms with E-state index in [2.05, 4.69) is 4.90 Å². The largest absolute Gasteiger partial charge is 0.495 e. The molecule has 0 spiro atoms. The highest BCUT2D eigenvalue weighted by Gasteiger charge is 2.28. The fraction of sp³-hybridized carbons (Fsp3) is 0.389. The lowest BCUT2D eigenvalue weighted by atomic mass is 10.2. The van der Waals surface area contributed by atoms with Gasteiger partial charge in [-0.25, -0.2) is 8.42 Å². The van der Waals surface area contributed by atoms with Gasteiger partial charge in [-0.2, -0.15) is 4.31 Å². The molecule has 7 nitrogen and oxygen atoms in total. The normalized spacial score (nSPS) is 15.2. The molecule has 146 valence electrons. The van der Waals surface area contributed by atoms with Crippen LogP contribution in [0.4, 0.5) is 5.69 Å². The van der Waals surface area contributed by atoms with Gasteiger partial charge in [-0.3, -0.25) is 4.79 Å². The van der Waals surface area contributed by atoms with Gasteiger partial charge in [-0.05, 0) is 23.6 Å². The van der Waals surface area contributed by atoms with Gasteiger partial charge in [0.05, 0.1) is 19.3 Å². The van der Waals surface area contributed by atoms with E-state index in [1.807, 2.05) is 24.3 Å². The zero-order valence-corrected chi connectivity index (χ0v) is 17.0. The van der Waals surface area contributed by atoms with Crippen LogP contribution in [0.2, 0.25) is 0 Å². The number of carbonyl (C=O) groups is 1. The van der Waals surface area contributed by atoms with E-state index < -0.39 is 10.0 Å². The SMILES string of the molecule is COc1ccccc1N1CCN(C(=O)CN(C)S(=O)(=O)c2cccs2)CC1. The Kier molecular flexibility index (Phi) is 6.03. The minimum absolute atomic E-state index is 0.158. The molecule has 0 aliphatic carbocycles. The molecule has 1 saturated heterocycles. The van der Waals surface area contributed by atoms with Crippen LogP contribution in [0.15, 0.2) is 46.0 Å². The number of amides is 1. The Morgan fingerprint density at radius 3 is 2.48 bits per heavy atom. The van der Waals surface area contributed by atoms with E-state index >= 15 is 0 Å². The lowest BCUT2D eigenvalue weighted by Gasteiger charge is -2.37. The van der Waals surface area contributed by atoms with E-state index in [4.69, 9.17) is 4.74 Å². The second kappa shape index (κ2) is 8.28. The minimum Gasteiger partial charge on any atom is -0.495 e. The van der Waals surface area contributed by atoms with Crippen molar-refractivity contribution in [2.45, 2.75) is 4.21 Å². The number of thiophene rings is 1. The maximum absolute atomic E-state index is 12.6. The van der Waals surface area contributed by atoms with Crippen LogP contribution in [-0.2, 0) is 14.8 Å². The molecule has 0 bridgehead atoms. The van der Waals surface area contributed by atoms with Crippen molar-refractivity contribution in [1.29, 1.82) is 0 Å². The zero-order chi connectivity index (χ0) is 19.4. The number of hydrogen-bond acceptors (Lipinski definition) is 6. The quantitative estimate of drug-likeness (QED) is 0.727. The number of piperazine rings is 1. The summed E-state index contributed by atoms with van der Waals surface area (Å²) in [6, 6.07) is 11.0. The van der Waals surface area contributed by atoms with E-state index in [0.29, 0.717) is 26.2 Å². The summed E-state index contributed by atoms with van der Waals surface area (Å²) in [6.45, 7) is 2.28. The Hall–Kier alpha value is -2.10. The molecule has 0 N–H and O–H groups in total. The van der Waals surface area contributed by atoms with Crippen LogP contribution < -0.4 is 9.64 Å². The van der Waals surface area contributed by atoms with Crippen LogP contribution in [0.5, 0.6) is 5.75 Å². The van der Waals surface area contributed by atoms with Crippen molar-refractivity contribution in [2.75, 3.05) is 51.8 Å². The van der Waals surface area contributed by atoms with Gasteiger partial charge in [0.2, 0.25) is 5.91 Å². The molecule has 27 heavy (non-hydrogen) atoms. The molecule has 2 heterocycles. The number of nitrogens with zero attached hydrogens (tertiary/aromatic N) is 3. The first-order valence-corrected chi connectivity index (χ1v) is 10.9. The third-order valence-corrected chi connectivity index (χ3v) is 7.75.